The third-order valence-corrected chi connectivity index (χ3v) is 4.48. The SMILES string of the molecule is C=C(/C=C/c1ccc(OC)c(OC)c1)CCC(=O)/C=C/c1ccc(OC)c(OC)c1. The lowest BCUT2D eigenvalue weighted by atomic mass is 10.1. The van der Waals surface area contributed by atoms with E-state index in [0.717, 1.165) is 16.7 Å². The first-order valence-electron chi connectivity index (χ1n) is 9.51. The third kappa shape index (κ3) is 6.55. The molecule has 0 aliphatic carbocycles. The molecule has 2 aromatic rings. The van der Waals surface area contributed by atoms with Crippen LogP contribution in [-0.4, -0.2) is 34.2 Å². The average Bonchev–Trinajstić information content (AvgIpc) is 2.79. The highest BCUT2D eigenvalue weighted by Crippen LogP contribution is 2.29. The van der Waals surface area contributed by atoms with Crippen LogP contribution in [0.25, 0.3) is 12.2 Å². The maximum atomic E-state index is 12.2. The molecular weight excluding hydrogens is 380 g/mol. The van der Waals surface area contributed by atoms with Crippen LogP contribution in [0.15, 0.2) is 60.7 Å². The summed E-state index contributed by atoms with van der Waals surface area (Å²) in [6.07, 6.45) is 8.16. The number of ketones is 1. The van der Waals surface area contributed by atoms with E-state index in [2.05, 4.69) is 6.58 Å². The van der Waals surface area contributed by atoms with E-state index in [1.165, 1.54) is 0 Å². The van der Waals surface area contributed by atoms with Crippen LogP contribution in [0.5, 0.6) is 23.0 Å². The largest absolute Gasteiger partial charge is 0.493 e. The maximum absolute atomic E-state index is 12.2. The Morgan fingerprint density at radius 3 is 1.67 bits per heavy atom. The second-order valence-electron chi connectivity index (χ2n) is 6.52. The second kappa shape index (κ2) is 11.5. The molecule has 0 bridgehead atoms. The molecule has 0 heterocycles. The van der Waals surface area contributed by atoms with Gasteiger partial charge in [0.15, 0.2) is 28.8 Å². The Bertz CT molecular complexity index is 863. The Hall–Kier alpha value is -3.47. The maximum Gasteiger partial charge on any atom is 0.161 e. The van der Waals surface area contributed by atoms with Crippen LogP contribution >= 0.6 is 0 Å². The summed E-state index contributed by atoms with van der Waals surface area (Å²) in [4.78, 5) is 12.2. The lowest BCUT2D eigenvalue weighted by Gasteiger charge is -2.07. The molecule has 0 fully saturated rings. The molecule has 0 spiro atoms. The highest BCUT2D eigenvalue weighted by molar-refractivity contribution is 5.93. The molecule has 158 valence electrons. The van der Waals surface area contributed by atoms with Gasteiger partial charge in [-0.25, -0.2) is 0 Å². The fourth-order valence-electron chi connectivity index (χ4n) is 2.77. The molecule has 2 rings (SSSR count). The van der Waals surface area contributed by atoms with Gasteiger partial charge in [0.05, 0.1) is 28.4 Å². The number of allylic oxidation sites excluding steroid dienone is 3. The molecule has 5 nitrogen and oxygen atoms in total. The van der Waals surface area contributed by atoms with E-state index in [4.69, 9.17) is 18.9 Å². The van der Waals surface area contributed by atoms with E-state index in [1.54, 1.807) is 40.6 Å². The Morgan fingerprint density at radius 1 is 0.733 bits per heavy atom. The van der Waals surface area contributed by atoms with E-state index in [1.807, 2.05) is 48.6 Å². The standard InChI is InChI=1S/C25H28O5/c1-18(6-8-19-10-14-22(27-2)24(16-19)29-4)7-12-21(26)13-9-20-11-15-23(28-3)25(17-20)30-5/h6,8-11,13-17H,1,7,12H2,2-5H3/b8-6+,13-9+. The van der Waals surface area contributed by atoms with E-state index in [-0.39, 0.29) is 5.78 Å². The molecule has 2 aromatic carbocycles. The minimum Gasteiger partial charge on any atom is -0.493 e. The first-order valence-corrected chi connectivity index (χ1v) is 9.51. The van der Waals surface area contributed by atoms with Crippen LogP contribution in [0, 0.1) is 0 Å². The molecule has 0 aliphatic rings. The number of rotatable bonds is 11. The predicted molar refractivity (Wildman–Crippen MR) is 121 cm³/mol. The first kappa shape index (κ1) is 22.8. The highest BCUT2D eigenvalue weighted by atomic mass is 16.5. The Morgan fingerprint density at radius 2 is 1.20 bits per heavy atom. The third-order valence-electron chi connectivity index (χ3n) is 4.48. The van der Waals surface area contributed by atoms with Crippen molar-refractivity contribution in [2.75, 3.05) is 28.4 Å². The van der Waals surface area contributed by atoms with Crippen LogP contribution < -0.4 is 18.9 Å². The van der Waals surface area contributed by atoms with Crippen LogP contribution in [0.4, 0.5) is 0 Å². The Kier molecular flexibility index (Phi) is 8.75. The van der Waals surface area contributed by atoms with Gasteiger partial charge in [0, 0.05) is 6.42 Å². The fraction of sp³-hybridized carbons (Fsp3) is 0.240. The van der Waals surface area contributed by atoms with Crippen LogP contribution in [0.3, 0.4) is 0 Å². The van der Waals surface area contributed by atoms with Crippen molar-refractivity contribution < 1.29 is 23.7 Å². The number of carbonyl (C=O) groups is 1. The molecule has 5 heteroatoms. The molecule has 0 saturated heterocycles. The molecule has 30 heavy (non-hydrogen) atoms. The Balaban J connectivity index is 1.89. The second-order valence-corrected chi connectivity index (χ2v) is 6.52. The highest BCUT2D eigenvalue weighted by Gasteiger charge is 2.05. The van der Waals surface area contributed by atoms with Gasteiger partial charge in [-0.05, 0) is 47.9 Å². The molecule has 0 aromatic heterocycles. The lowest BCUT2D eigenvalue weighted by Crippen LogP contribution is -1.93. The number of methoxy groups -OCH3 is 4. The van der Waals surface area contributed by atoms with Crippen LogP contribution in [-0.2, 0) is 4.79 Å². The number of carbonyl (C=O) groups excluding carboxylic acids is 1. The van der Waals surface area contributed by atoms with E-state index >= 15 is 0 Å². The molecule has 0 unspecified atom stereocenters. The average molecular weight is 408 g/mol. The van der Waals surface area contributed by atoms with Gasteiger partial charge in [-0.15, -0.1) is 0 Å². The molecular formula is C25H28O5. The zero-order valence-corrected chi connectivity index (χ0v) is 17.9. The summed E-state index contributed by atoms with van der Waals surface area (Å²) in [6.45, 7) is 4.03. The molecule has 0 N–H and O–H groups in total. The Labute approximate surface area is 178 Å². The minimum atomic E-state index is 0.0328. The number of benzene rings is 2. The first-order chi connectivity index (χ1) is 14.5. The van der Waals surface area contributed by atoms with Crippen molar-refractivity contribution >= 4 is 17.9 Å². The van der Waals surface area contributed by atoms with Crippen molar-refractivity contribution in [3.05, 3.63) is 71.8 Å². The van der Waals surface area contributed by atoms with Gasteiger partial charge >= 0.3 is 0 Å². The molecule has 0 atom stereocenters. The predicted octanol–water partition coefficient (Wildman–Crippen LogP) is 5.35. The van der Waals surface area contributed by atoms with Gasteiger partial charge in [0.2, 0.25) is 0 Å². The lowest BCUT2D eigenvalue weighted by molar-refractivity contribution is -0.114. The topological polar surface area (TPSA) is 54.0 Å². The van der Waals surface area contributed by atoms with E-state index in [9.17, 15) is 4.79 Å². The van der Waals surface area contributed by atoms with Gasteiger partial charge in [-0.2, -0.15) is 0 Å². The molecule has 0 amide bonds. The van der Waals surface area contributed by atoms with Crippen LogP contribution in [0.2, 0.25) is 0 Å². The normalized spacial score (nSPS) is 10.9. The van der Waals surface area contributed by atoms with E-state index < -0.39 is 0 Å². The zero-order valence-electron chi connectivity index (χ0n) is 17.9. The summed E-state index contributed by atoms with van der Waals surface area (Å²) in [5.74, 6) is 2.66. The van der Waals surface area contributed by atoms with Crippen LogP contribution in [0.1, 0.15) is 24.0 Å². The van der Waals surface area contributed by atoms with Gasteiger partial charge < -0.3 is 18.9 Å². The van der Waals surface area contributed by atoms with Crippen molar-refractivity contribution in [1.82, 2.24) is 0 Å². The summed E-state index contributed by atoms with van der Waals surface area (Å²) in [7, 11) is 6.37. The van der Waals surface area contributed by atoms with Gasteiger partial charge in [-0.3, -0.25) is 4.79 Å². The molecule has 0 aliphatic heterocycles. The monoisotopic (exact) mass is 408 g/mol. The fourth-order valence-corrected chi connectivity index (χ4v) is 2.77. The quantitative estimate of drug-likeness (QED) is 0.370. The van der Waals surface area contributed by atoms with Crippen molar-refractivity contribution in [3.63, 3.8) is 0 Å². The van der Waals surface area contributed by atoms with Gasteiger partial charge in [0.25, 0.3) is 0 Å². The smallest absolute Gasteiger partial charge is 0.161 e. The van der Waals surface area contributed by atoms with Crippen molar-refractivity contribution in [2.24, 2.45) is 0 Å². The zero-order chi connectivity index (χ0) is 21.9. The summed E-state index contributed by atoms with van der Waals surface area (Å²) in [5.41, 5.74) is 2.71. The summed E-state index contributed by atoms with van der Waals surface area (Å²) >= 11 is 0. The summed E-state index contributed by atoms with van der Waals surface area (Å²) in [5, 5.41) is 0. The van der Waals surface area contributed by atoms with E-state index in [0.29, 0.717) is 35.8 Å². The number of ether oxygens (including phenoxy) is 4. The molecule has 0 radical (unpaired) electrons. The summed E-state index contributed by atoms with van der Waals surface area (Å²) in [6, 6.07) is 11.2. The van der Waals surface area contributed by atoms with Crippen molar-refractivity contribution in [2.45, 2.75) is 12.8 Å². The van der Waals surface area contributed by atoms with Gasteiger partial charge in [0.1, 0.15) is 0 Å². The summed E-state index contributed by atoms with van der Waals surface area (Å²) < 4.78 is 21.0. The van der Waals surface area contributed by atoms with Gasteiger partial charge in [-0.1, -0.05) is 42.5 Å². The number of hydrogen-bond acceptors (Lipinski definition) is 5. The minimum absolute atomic E-state index is 0.0328. The van der Waals surface area contributed by atoms with Crippen molar-refractivity contribution in [1.29, 1.82) is 0 Å². The van der Waals surface area contributed by atoms with Crippen molar-refractivity contribution in [3.8, 4) is 23.0 Å². The molecule has 0 saturated carbocycles. The number of hydrogen-bond donors (Lipinski definition) is 0.